The van der Waals surface area contributed by atoms with Crippen LogP contribution in [0.5, 0.6) is 0 Å². The Kier molecular flexibility index (Phi) is 7.15. The molecule has 0 spiro atoms. The van der Waals surface area contributed by atoms with Gasteiger partial charge in [-0.2, -0.15) is 18.3 Å². The SMILES string of the molecule is CN(NC(=O)c1c(S(N)(=O)=O)nn2c(-c3ccc(C(F)(F)F)cc3)c(-c3ccccc3Cl)cnc12)c1ccccn1. The Bertz CT molecular complexity index is 1880. The number of nitrogens with one attached hydrogen (secondary N) is 1. The first-order valence-electron chi connectivity index (χ1n) is 11.7. The van der Waals surface area contributed by atoms with Crippen molar-refractivity contribution in [1.29, 1.82) is 0 Å². The molecule has 15 heteroatoms. The van der Waals surface area contributed by atoms with Crippen LogP contribution in [-0.2, 0) is 16.2 Å². The number of nitrogens with two attached hydrogens (primary N) is 1. The minimum absolute atomic E-state index is 0.124. The molecule has 0 bridgehead atoms. The van der Waals surface area contributed by atoms with Crippen LogP contribution in [0, 0.1) is 0 Å². The van der Waals surface area contributed by atoms with Crippen molar-refractivity contribution in [2.45, 2.75) is 11.2 Å². The maximum absolute atomic E-state index is 13.4. The van der Waals surface area contributed by atoms with Crippen molar-refractivity contribution in [3.63, 3.8) is 0 Å². The molecule has 0 saturated carbocycles. The molecule has 10 nitrogen and oxygen atoms in total. The minimum atomic E-state index is -4.59. The summed E-state index contributed by atoms with van der Waals surface area (Å²) in [7, 11) is -3.11. The van der Waals surface area contributed by atoms with Gasteiger partial charge in [-0.05, 0) is 30.3 Å². The number of hydrogen-bond acceptors (Lipinski definition) is 7. The van der Waals surface area contributed by atoms with E-state index < -0.39 is 38.3 Å². The van der Waals surface area contributed by atoms with E-state index in [9.17, 15) is 26.4 Å². The molecule has 5 rings (SSSR count). The van der Waals surface area contributed by atoms with E-state index in [1.165, 1.54) is 36.6 Å². The predicted molar refractivity (Wildman–Crippen MR) is 145 cm³/mol. The Balaban J connectivity index is 1.77. The molecule has 1 amide bonds. The van der Waals surface area contributed by atoms with Crippen LogP contribution < -0.4 is 15.6 Å². The number of aromatic nitrogens is 4. The molecule has 0 fully saturated rings. The van der Waals surface area contributed by atoms with Crippen LogP contribution in [0.2, 0.25) is 5.02 Å². The Labute approximate surface area is 236 Å². The maximum Gasteiger partial charge on any atom is 0.416 e. The molecule has 0 radical (unpaired) electrons. The van der Waals surface area contributed by atoms with E-state index in [1.54, 1.807) is 42.5 Å². The summed E-state index contributed by atoms with van der Waals surface area (Å²) in [6, 6.07) is 15.7. The second-order valence-electron chi connectivity index (χ2n) is 8.72. The number of carbonyl (C=O) groups is 1. The second-order valence-corrected chi connectivity index (χ2v) is 10.6. The van der Waals surface area contributed by atoms with Crippen molar-refractivity contribution < 1.29 is 26.4 Å². The van der Waals surface area contributed by atoms with Gasteiger partial charge < -0.3 is 0 Å². The number of halogens is 4. The number of carbonyl (C=O) groups excluding carboxylic acids is 1. The summed E-state index contributed by atoms with van der Waals surface area (Å²) in [5.74, 6) is -0.581. The second kappa shape index (κ2) is 10.5. The van der Waals surface area contributed by atoms with Gasteiger partial charge in [0.2, 0.25) is 5.03 Å². The first kappa shape index (κ1) is 28.0. The number of rotatable bonds is 6. The van der Waals surface area contributed by atoms with E-state index in [0.717, 1.165) is 16.6 Å². The third-order valence-electron chi connectivity index (χ3n) is 6.02. The molecule has 3 aromatic heterocycles. The van der Waals surface area contributed by atoms with Crippen LogP contribution in [-0.4, -0.2) is 41.0 Å². The quantitative estimate of drug-likeness (QED) is 0.272. The van der Waals surface area contributed by atoms with E-state index in [4.69, 9.17) is 16.7 Å². The molecule has 5 aromatic rings. The summed E-state index contributed by atoms with van der Waals surface area (Å²) in [6.45, 7) is 0. The van der Waals surface area contributed by atoms with Gasteiger partial charge in [0.25, 0.3) is 15.9 Å². The molecule has 2 aromatic carbocycles. The summed E-state index contributed by atoms with van der Waals surface area (Å²) in [5, 5.41) is 10.3. The Morgan fingerprint density at radius 3 is 2.29 bits per heavy atom. The number of hydrazine groups is 1. The van der Waals surface area contributed by atoms with Gasteiger partial charge in [-0.1, -0.05) is 48.0 Å². The van der Waals surface area contributed by atoms with Crippen LogP contribution in [0.15, 0.2) is 84.1 Å². The third-order valence-corrected chi connectivity index (χ3v) is 7.17. The summed E-state index contributed by atoms with van der Waals surface area (Å²) in [4.78, 5) is 21.9. The summed E-state index contributed by atoms with van der Waals surface area (Å²) in [5.41, 5.74) is 2.01. The zero-order chi connectivity index (χ0) is 29.5. The van der Waals surface area contributed by atoms with E-state index >= 15 is 0 Å². The number of alkyl halides is 3. The maximum atomic E-state index is 13.4. The molecule has 0 aliphatic carbocycles. The van der Waals surface area contributed by atoms with Crippen molar-refractivity contribution in [1.82, 2.24) is 25.0 Å². The van der Waals surface area contributed by atoms with Crippen molar-refractivity contribution in [3.05, 3.63) is 95.3 Å². The standard InChI is InChI=1S/C26H19ClF3N7O3S/c1-36(20-8-4-5-13-32-20)34-24(38)21-23-33-14-18(17-6-2-3-7-19(17)27)22(37(23)35-25(21)41(31,39)40)15-9-11-16(12-10-15)26(28,29)30/h2-14H,1H3,(H,34,38)(H2,31,39,40). The van der Waals surface area contributed by atoms with E-state index in [-0.39, 0.29) is 21.9 Å². The fourth-order valence-corrected chi connectivity index (χ4v) is 5.05. The number of anilines is 1. The number of nitrogens with zero attached hydrogens (tertiary/aromatic N) is 5. The normalized spacial score (nSPS) is 12.0. The molecule has 210 valence electrons. The highest BCUT2D eigenvalue weighted by atomic mass is 35.5. The van der Waals surface area contributed by atoms with Gasteiger partial charge in [0.05, 0.1) is 11.3 Å². The summed E-state index contributed by atoms with van der Waals surface area (Å²) in [6.07, 6.45) is -1.76. The lowest BCUT2D eigenvalue weighted by Crippen LogP contribution is -2.40. The van der Waals surface area contributed by atoms with Crippen LogP contribution in [0.3, 0.4) is 0 Å². The minimum Gasteiger partial charge on any atom is -0.271 e. The molecular formula is C26H19ClF3N7O3S. The Morgan fingerprint density at radius 2 is 1.68 bits per heavy atom. The monoisotopic (exact) mass is 601 g/mol. The molecular weight excluding hydrogens is 583 g/mol. The molecule has 3 heterocycles. The molecule has 0 saturated heterocycles. The number of pyridine rings is 1. The lowest BCUT2D eigenvalue weighted by atomic mass is 9.99. The van der Waals surface area contributed by atoms with Gasteiger partial charge in [-0.15, -0.1) is 0 Å². The molecule has 41 heavy (non-hydrogen) atoms. The fraction of sp³-hybridized carbons (Fsp3) is 0.0769. The number of primary sulfonamides is 1. The fourth-order valence-electron chi connectivity index (χ4n) is 4.15. The van der Waals surface area contributed by atoms with Crippen molar-refractivity contribution in [2.24, 2.45) is 5.14 Å². The zero-order valence-electron chi connectivity index (χ0n) is 21.0. The Morgan fingerprint density at radius 1 is 1.00 bits per heavy atom. The van der Waals surface area contributed by atoms with E-state index in [1.807, 2.05) is 0 Å². The average molecular weight is 602 g/mol. The van der Waals surface area contributed by atoms with Crippen LogP contribution >= 0.6 is 11.6 Å². The summed E-state index contributed by atoms with van der Waals surface area (Å²) < 4.78 is 66.2. The molecule has 0 aliphatic heterocycles. The molecule has 0 atom stereocenters. The number of sulfonamides is 1. The first-order chi connectivity index (χ1) is 19.4. The average Bonchev–Trinajstić information content (AvgIpc) is 3.34. The largest absolute Gasteiger partial charge is 0.416 e. The zero-order valence-corrected chi connectivity index (χ0v) is 22.5. The lowest BCUT2D eigenvalue weighted by Gasteiger charge is -2.18. The van der Waals surface area contributed by atoms with Crippen molar-refractivity contribution in [3.8, 4) is 22.4 Å². The number of benzene rings is 2. The van der Waals surface area contributed by atoms with Crippen LogP contribution in [0.25, 0.3) is 28.0 Å². The number of amides is 1. The molecule has 0 unspecified atom stereocenters. The van der Waals surface area contributed by atoms with Crippen LogP contribution in [0.4, 0.5) is 19.0 Å². The third kappa shape index (κ3) is 5.44. The van der Waals surface area contributed by atoms with E-state index in [2.05, 4.69) is 20.5 Å². The van der Waals surface area contributed by atoms with Gasteiger partial charge in [0.15, 0.2) is 5.65 Å². The molecule has 3 N–H and O–H groups in total. The van der Waals surface area contributed by atoms with Crippen LogP contribution in [0.1, 0.15) is 15.9 Å². The van der Waals surface area contributed by atoms with Gasteiger partial charge in [0.1, 0.15) is 11.4 Å². The smallest absolute Gasteiger partial charge is 0.271 e. The highest BCUT2D eigenvalue weighted by Gasteiger charge is 2.32. The van der Waals surface area contributed by atoms with Crippen molar-refractivity contribution in [2.75, 3.05) is 12.1 Å². The van der Waals surface area contributed by atoms with Gasteiger partial charge in [-0.25, -0.2) is 28.0 Å². The van der Waals surface area contributed by atoms with Gasteiger partial charge >= 0.3 is 6.18 Å². The first-order valence-corrected chi connectivity index (χ1v) is 13.6. The highest BCUT2D eigenvalue weighted by Crippen LogP contribution is 2.38. The molecule has 0 aliphatic rings. The lowest BCUT2D eigenvalue weighted by molar-refractivity contribution is -0.137. The van der Waals surface area contributed by atoms with E-state index in [0.29, 0.717) is 16.9 Å². The number of fused-ring (bicyclic) bond motifs is 1. The number of hydrogen-bond donors (Lipinski definition) is 2. The highest BCUT2D eigenvalue weighted by molar-refractivity contribution is 7.89. The summed E-state index contributed by atoms with van der Waals surface area (Å²) >= 11 is 6.43. The Hall–Kier alpha value is -4.53. The topological polar surface area (TPSA) is 136 Å². The van der Waals surface area contributed by atoms with Crippen molar-refractivity contribution >= 4 is 39.0 Å². The van der Waals surface area contributed by atoms with Gasteiger partial charge in [0, 0.05) is 41.2 Å². The predicted octanol–water partition coefficient (Wildman–Crippen LogP) is 4.56. The van der Waals surface area contributed by atoms with Gasteiger partial charge in [-0.3, -0.25) is 15.2 Å².